The van der Waals surface area contributed by atoms with Gasteiger partial charge < -0.3 is 13.5 Å². The SMILES string of the molecule is CCOP(=O)(Cc1occ2ccccc12)OCC. The number of furan rings is 1. The molecule has 2 aromatic rings. The maximum atomic E-state index is 12.4. The summed E-state index contributed by atoms with van der Waals surface area (Å²) in [5.74, 6) is 0.649. The Morgan fingerprint density at radius 1 is 1.17 bits per heavy atom. The summed E-state index contributed by atoms with van der Waals surface area (Å²) in [6.45, 7) is 4.31. The van der Waals surface area contributed by atoms with E-state index in [0.29, 0.717) is 19.0 Å². The lowest BCUT2D eigenvalue weighted by atomic mass is 10.2. The van der Waals surface area contributed by atoms with Crippen LogP contribution in [0.1, 0.15) is 19.6 Å². The van der Waals surface area contributed by atoms with E-state index in [4.69, 9.17) is 13.5 Å². The molecule has 0 spiro atoms. The predicted molar refractivity (Wildman–Crippen MR) is 70.8 cm³/mol. The van der Waals surface area contributed by atoms with Gasteiger partial charge in [-0.1, -0.05) is 24.3 Å². The van der Waals surface area contributed by atoms with E-state index < -0.39 is 7.60 Å². The van der Waals surface area contributed by atoms with E-state index in [2.05, 4.69) is 0 Å². The molecule has 0 unspecified atom stereocenters. The van der Waals surface area contributed by atoms with E-state index >= 15 is 0 Å². The topological polar surface area (TPSA) is 48.7 Å². The second-order valence-electron chi connectivity index (χ2n) is 3.85. The second kappa shape index (κ2) is 5.70. The molecule has 0 aliphatic rings. The molecule has 18 heavy (non-hydrogen) atoms. The molecular weight excluding hydrogens is 251 g/mol. The van der Waals surface area contributed by atoms with Crippen molar-refractivity contribution in [2.24, 2.45) is 0 Å². The highest BCUT2D eigenvalue weighted by molar-refractivity contribution is 7.53. The molecule has 0 atom stereocenters. The highest BCUT2D eigenvalue weighted by Gasteiger charge is 2.26. The first kappa shape index (κ1) is 13.3. The van der Waals surface area contributed by atoms with Crippen LogP contribution < -0.4 is 0 Å². The monoisotopic (exact) mass is 268 g/mol. The van der Waals surface area contributed by atoms with Crippen molar-refractivity contribution < 1.29 is 18.0 Å². The lowest BCUT2D eigenvalue weighted by Gasteiger charge is -2.15. The van der Waals surface area contributed by atoms with Crippen molar-refractivity contribution in [3.63, 3.8) is 0 Å². The maximum absolute atomic E-state index is 12.4. The minimum absolute atomic E-state index is 0.169. The Hall–Kier alpha value is -1.09. The maximum Gasteiger partial charge on any atom is 0.338 e. The van der Waals surface area contributed by atoms with Crippen LogP contribution in [-0.4, -0.2) is 13.2 Å². The van der Waals surface area contributed by atoms with Gasteiger partial charge in [-0.2, -0.15) is 0 Å². The normalized spacial score (nSPS) is 12.1. The molecule has 0 saturated heterocycles. The highest BCUT2D eigenvalue weighted by Crippen LogP contribution is 2.52. The first-order valence-corrected chi connectivity index (χ1v) is 7.74. The fourth-order valence-electron chi connectivity index (χ4n) is 1.87. The molecule has 98 valence electrons. The van der Waals surface area contributed by atoms with Gasteiger partial charge in [-0.3, -0.25) is 4.57 Å². The number of fused-ring (bicyclic) bond motifs is 1. The van der Waals surface area contributed by atoms with Gasteiger partial charge in [-0.25, -0.2) is 0 Å². The van der Waals surface area contributed by atoms with Gasteiger partial charge in [0.1, 0.15) is 11.9 Å². The molecular formula is C13H17O4P. The average molecular weight is 268 g/mol. The minimum atomic E-state index is -3.11. The third-order valence-electron chi connectivity index (χ3n) is 2.58. The van der Waals surface area contributed by atoms with Crippen molar-refractivity contribution in [1.82, 2.24) is 0 Å². The number of hydrogen-bond donors (Lipinski definition) is 0. The zero-order valence-electron chi connectivity index (χ0n) is 10.6. The Balaban J connectivity index is 2.29. The van der Waals surface area contributed by atoms with E-state index in [-0.39, 0.29) is 6.16 Å². The number of benzene rings is 1. The van der Waals surface area contributed by atoms with Crippen LogP contribution in [0.2, 0.25) is 0 Å². The first-order chi connectivity index (χ1) is 8.68. The van der Waals surface area contributed by atoms with Gasteiger partial charge in [-0.05, 0) is 13.8 Å². The van der Waals surface area contributed by atoms with Crippen LogP contribution in [0.3, 0.4) is 0 Å². The Morgan fingerprint density at radius 3 is 2.50 bits per heavy atom. The van der Waals surface area contributed by atoms with Crippen LogP contribution in [0.5, 0.6) is 0 Å². The van der Waals surface area contributed by atoms with Crippen molar-refractivity contribution in [2.75, 3.05) is 13.2 Å². The minimum Gasteiger partial charge on any atom is -0.467 e. The summed E-state index contributed by atoms with van der Waals surface area (Å²) in [6, 6.07) is 7.75. The highest BCUT2D eigenvalue weighted by atomic mass is 31.2. The molecule has 1 heterocycles. The summed E-state index contributed by atoms with van der Waals surface area (Å²) in [6.07, 6.45) is 1.83. The van der Waals surface area contributed by atoms with Crippen LogP contribution in [-0.2, 0) is 19.8 Å². The van der Waals surface area contributed by atoms with Crippen LogP contribution in [0.4, 0.5) is 0 Å². The summed E-state index contributed by atoms with van der Waals surface area (Å²) in [7, 11) is -3.11. The largest absolute Gasteiger partial charge is 0.467 e. The molecule has 2 rings (SSSR count). The fourth-order valence-corrected chi connectivity index (χ4v) is 3.51. The van der Waals surface area contributed by atoms with E-state index in [1.165, 1.54) is 0 Å². The standard InChI is InChI=1S/C13H17O4P/c1-3-16-18(14,17-4-2)10-13-12-8-6-5-7-11(12)9-15-13/h5-9H,3-4,10H2,1-2H3. The third kappa shape index (κ3) is 2.83. The zero-order valence-corrected chi connectivity index (χ0v) is 11.5. The van der Waals surface area contributed by atoms with Crippen molar-refractivity contribution >= 4 is 18.4 Å². The lowest BCUT2D eigenvalue weighted by molar-refractivity contribution is 0.217. The summed E-state index contributed by atoms with van der Waals surface area (Å²) < 4.78 is 28.4. The van der Waals surface area contributed by atoms with Crippen molar-refractivity contribution in [2.45, 2.75) is 20.0 Å². The number of hydrogen-bond acceptors (Lipinski definition) is 4. The first-order valence-electron chi connectivity index (χ1n) is 6.01. The molecule has 1 aromatic heterocycles. The molecule has 0 N–H and O–H groups in total. The molecule has 1 aromatic carbocycles. The van der Waals surface area contributed by atoms with Crippen molar-refractivity contribution in [3.8, 4) is 0 Å². The Morgan fingerprint density at radius 2 is 1.83 bits per heavy atom. The molecule has 4 nitrogen and oxygen atoms in total. The van der Waals surface area contributed by atoms with Gasteiger partial charge in [0.05, 0.1) is 19.5 Å². The molecule has 0 radical (unpaired) electrons. The van der Waals surface area contributed by atoms with Crippen LogP contribution in [0.15, 0.2) is 34.9 Å². The van der Waals surface area contributed by atoms with Gasteiger partial charge in [-0.15, -0.1) is 0 Å². The van der Waals surface area contributed by atoms with E-state index in [1.54, 1.807) is 20.1 Å². The van der Waals surface area contributed by atoms with E-state index in [1.807, 2.05) is 24.3 Å². The summed E-state index contributed by atoms with van der Waals surface area (Å²) in [4.78, 5) is 0. The van der Waals surface area contributed by atoms with Gasteiger partial charge in [0.15, 0.2) is 0 Å². The van der Waals surface area contributed by atoms with Gasteiger partial charge in [0, 0.05) is 10.8 Å². The van der Waals surface area contributed by atoms with Gasteiger partial charge >= 0.3 is 7.60 Å². The molecule has 0 bridgehead atoms. The van der Waals surface area contributed by atoms with E-state index in [0.717, 1.165) is 10.8 Å². The van der Waals surface area contributed by atoms with Gasteiger partial charge in [0.2, 0.25) is 0 Å². The average Bonchev–Trinajstić information content (AvgIpc) is 2.73. The zero-order chi connectivity index (χ0) is 13.0. The van der Waals surface area contributed by atoms with Crippen LogP contribution in [0, 0.1) is 0 Å². The summed E-state index contributed by atoms with van der Waals surface area (Å²) in [5.41, 5.74) is 0. The molecule has 0 fully saturated rings. The molecule has 5 heteroatoms. The van der Waals surface area contributed by atoms with Crippen LogP contribution in [0.25, 0.3) is 10.8 Å². The fraction of sp³-hybridized carbons (Fsp3) is 0.385. The lowest BCUT2D eigenvalue weighted by Crippen LogP contribution is -1.98. The summed E-state index contributed by atoms with van der Waals surface area (Å²) in [5, 5.41) is 1.95. The second-order valence-corrected chi connectivity index (χ2v) is 5.91. The van der Waals surface area contributed by atoms with Crippen molar-refractivity contribution in [1.29, 1.82) is 0 Å². The van der Waals surface area contributed by atoms with Gasteiger partial charge in [0.25, 0.3) is 0 Å². The quantitative estimate of drug-likeness (QED) is 0.737. The Kier molecular flexibility index (Phi) is 4.23. The van der Waals surface area contributed by atoms with Crippen LogP contribution >= 0.6 is 7.60 Å². The molecule has 0 aliphatic carbocycles. The molecule has 0 saturated carbocycles. The van der Waals surface area contributed by atoms with Crippen molar-refractivity contribution in [3.05, 3.63) is 36.3 Å². The Bertz CT molecular complexity index is 551. The predicted octanol–water partition coefficient (Wildman–Crippen LogP) is 4.20. The number of rotatable bonds is 6. The smallest absolute Gasteiger partial charge is 0.338 e. The Labute approximate surface area is 106 Å². The third-order valence-corrected chi connectivity index (χ3v) is 4.56. The molecule has 0 amide bonds. The molecule has 0 aliphatic heterocycles. The summed E-state index contributed by atoms with van der Waals surface area (Å²) >= 11 is 0. The van der Waals surface area contributed by atoms with E-state index in [9.17, 15) is 4.57 Å².